The monoisotopic (exact) mass is 443 g/mol. The third-order valence-electron chi connectivity index (χ3n) is 5.99. The summed E-state index contributed by atoms with van der Waals surface area (Å²) < 4.78 is 1.58. The highest BCUT2D eigenvalue weighted by Gasteiger charge is 2.23. The van der Waals surface area contributed by atoms with Gasteiger partial charge in [0.15, 0.2) is 0 Å². The Morgan fingerprint density at radius 1 is 0.969 bits per heavy atom. The van der Waals surface area contributed by atoms with E-state index in [1.807, 2.05) is 60.7 Å². The molecular formula is C26H25N3O2S. The Balaban J connectivity index is 1.50. The lowest BCUT2D eigenvalue weighted by molar-refractivity contribution is -0.121. The molecule has 1 aliphatic rings. The van der Waals surface area contributed by atoms with Gasteiger partial charge < -0.3 is 5.32 Å². The van der Waals surface area contributed by atoms with Crippen LogP contribution in [0.1, 0.15) is 40.2 Å². The summed E-state index contributed by atoms with van der Waals surface area (Å²) in [4.78, 5) is 33.4. The summed E-state index contributed by atoms with van der Waals surface area (Å²) in [5.41, 5.74) is 3.16. The lowest BCUT2D eigenvalue weighted by Crippen LogP contribution is -2.34. The maximum absolute atomic E-state index is 13.6. The lowest BCUT2D eigenvalue weighted by atomic mass is 9.97. The van der Waals surface area contributed by atoms with Crippen molar-refractivity contribution in [3.8, 4) is 0 Å². The Hall–Kier alpha value is -3.25. The summed E-state index contributed by atoms with van der Waals surface area (Å²) in [6.45, 7) is 0.410. The van der Waals surface area contributed by atoms with Crippen LogP contribution >= 0.6 is 11.3 Å². The molecule has 1 amide bonds. The van der Waals surface area contributed by atoms with Gasteiger partial charge in [0.05, 0.1) is 5.39 Å². The number of nitrogens with zero attached hydrogens (tertiary/aromatic N) is 2. The molecule has 1 aliphatic carbocycles. The highest BCUT2D eigenvalue weighted by atomic mass is 32.1. The molecule has 2 aromatic heterocycles. The van der Waals surface area contributed by atoms with Gasteiger partial charge in [0.1, 0.15) is 17.2 Å². The number of nitrogens with one attached hydrogen (secondary N) is 1. The van der Waals surface area contributed by atoms with Crippen molar-refractivity contribution < 1.29 is 4.79 Å². The van der Waals surface area contributed by atoms with Gasteiger partial charge in [0.2, 0.25) is 5.91 Å². The zero-order valence-electron chi connectivity index (χ0n) is 17.8. The van der Waals surface area contributed by atoms with Crippen molar-refractivity contribution in [1.29, 1.82) is 0 Å². The molecule has 0 fully saturated rings. The molecule has 0 saturated heterocycles. The Bertz CT molecular complexity index is 1310. The molecular weight excluding hydrogens is 418 g/mol. The minimum atomic E-state index is -0.185. The standard InChI is InChI=1S/C26H25N3O2S/c30-23(27-16-19-11-5-2-6-12-19)17-29-22(15-18-9-3-1-4-10-18)28-25-24(26(29)31)20-13-7-8-14-21(20)32-25/h1-6,9-12H,7-8,13-17H2,(H,27,30). The van der Waals surface area contributed by atoms with E-state index in [0.29, 0.717) is 18.8 Å². The Kier molecular flexibility index (Phi) is 5.86. The molecule has 32 heavy (non-hydrogen) atoms. The number of carbonyl (C=O) groups excluding carboxylic acids is 1. The number of benzene rings is 2. The van der Waals surface area contributed by atoms with Crippen LogP contribution in [0.2, 0.25) is 0 Å². The van der Waals surface area contributed by atoms with Crippen LogP contribution in [0.4, 0.5) is 0 Å². The first-order valence-corrected chi connectivity index (χ1v) is 11.9. The number of amides is 1. The molecule has 2 aromatic carbocycles. The molecule has 162 valence electrons. The second-order valence-electron chi connectivity index (χ2n) is 8.24. The van der Waals surface area contributed by atoms with Gasteiger partial charge >= 0.3 is 0 Å². The summed E-state index contributed by atoms with van der Waals surface area (Å²) in [6, 6.07) is 19.8. The van der Waals surface area contributed by atoms with E-state index in [0.717, 1.165) is 52.6 Å². The SMILES string of the molecule is O=C(Cn1c(Cc2ccccc2)nc2sc3c(c2c1=O)CCCC3)NCc1ccccc1. The second-order valence-corrected chi connectivity index (χ2v) is 9.32. The highest BCUT2D eigenvalue weighted by Crippen LogP contribution is 2.34. The fraction of sp³-hybridized carbons (Fsp3) is 0.269. The van der Waals surface area contributed by atoms with Crippen LogP contribution in [-0.2, 0) is 37.1 Å². The minimum Gasteiger partial charge on any atom is -0.350 e. The van der Waals surface area contributed by atoms with Crippen LogP contribution in [-0.4, -0.2) is 15.5 Å². The van der Waals surface area contributed by atoms with Crippen molar-refractivity contribution in [2.75, 3.05) is 0 Å². The van der Waals surface area contributed by atoms with Crippen molar-refractivity contribution >= 4 is 27.5 Å². The summed E-state index contributed by atoms with van der Waals surface area (Å²) in [7, 11) is 0. The number of thiophene rings is 1. The molecule has 0 bridgehead atoms. The minimum absolute atomic E-state index is 0.0264. The zero-order chi connectivity index (χ0) is 21.9. The predicted octanol–water partition coefficient (Wildman–Crippen LogP) is 4.24. The van der Waals surface area contributed by atoms with Crippen molar-refractivity contribution in [2.24, 2.45) is 0 Å². The Labute approximate surface area is 190 Å². The molecule has 0 unspecified atom stereocenters. The second kappa shape index (κ2) is 9.09. The van der Waals surface area contributed by atoms with Gasteiger partial charge in [-0.25, -0.2) is 4.98 Å². The molecule has 0 saturated carbocycles. The third-order valence-corrected chi connectivity index (χ3v) is 7.18. The molecule has 4 aromatic rings. The van der Waals surface area contributed by atoms with Crippen LogP contribution in [0.5, 0.6) is 0 Å². The van der Waals surface area contributed by atoms with E-state index >= 15 is 0 Å². The zero-order valence-corrected chi connectivity index (χ0v) is 18.7. The van der Waals surface area contributed by atoms with Gasteiger partial charge in [-0.2, -0.15) is 0 Å². The van der Waals surface area contributed by atoms with Gasteiger partial charge in [0, 0.05) is 17.8 Å². The molecule has 0 atom stereocenters. The number of aromatic nitrogens is 2. The predicted molar refractivity (Wildman–Crippen MR) is 128 cm³/mol. The molecule has 6 heteroatoms. The largest absolute Gasteiger partial charge is 0.350 e. The quantitative estimate of drug-likeness (QED) is 0.485. The van der Waals surface area contributed by atoms with E-state index in [4.69, 9.17) is 4.98 Å². The molecule has 1 N–H and O–H groups in total. The van der Waals surface area contributed by atoms with Gasteiger partial charge in [-0.05, 0) is 42.4 Å². The van der Waals surface area contributed by atoms with Crippen LogP contribution < -0.4 is 10.9 Å². The highest BCUT2D eigenvalue weighted by molar-refractivity contribution is 7.18. The summed E-state index contributed by atoms with van der Waals surface area (Å²) in [5, 5.41) is 3.67. The first-order valence-electron chi connectivity index (χ1n) is 11.1. The number of carbonyl (C=O) groups is 1. The first-order chi connectivity index (χ1) is 15.7. The van der Waals surface area contributed by atoms with Crippen molar-refractivity contribution in [2.45, 2.75) is 45.2 Å². The van der Waals surface area contributed by atoms with Crippen molar-refractivity contribution in [3.63, 3.8) is 0 Å². The summed E-state index contributed by atoms with van der Waals surface area (Å²) in [5.74, 6) is 0.456. The number of aryl methyl sites for hydroxylation is 2. The maximum atomic E-state index is 13.6. The van der Waals surface area contributed by atoms with E-state index in [1.165, 1.54) is 4.88 Å². The van der Waals surface area contributed by atoms with E-state index < -0.39 is 0 Å². The summed E-state index contributed by atoms with van der Waals surface area (Å²) >= 11 is 1.65. The number of hydrogen-bond acceptors (Lipinski definition) is 4. The third kappa shape index (κ3) is 4.23. The van der Waals surface area contributed by atoms with Crippen molar-refractivity contribution in [1.82, 2.24) is 14.9 Å². The molecule has 5 nitrogen and oxygen atoms in total. The first kappa shape index (κ1) is 20.6. The van der Waals surface area contributed by atoms with E-state index in [9.17, 15) is 9.59 Å². The fourth-order valence-corrected chi connectivity index (χ4v) is 5.62. The summed E-state index contributed by atoms with van der Waals surface area (Å²) in [6.07, 6.45) is 4.71. The number of fused-ring (bicyclic) bond motifs is 3. The molecule has 0 aliphatic heterocycles. The fourth-order valence-electron chi connectivity index (χ4n) is 4.35. The van der Waals surface area contributed by atoms with Crippen LogP contribution in [0, 0.1) is 0 Å². The topological polar surface area (TPSA) is 64.0 Å². The van der Waals surface area contributed by atoms with Gasteiger partial charge in [-0.1, -0.05) is 60.7 Å². The van der Waals surface area contributed by atoms with Crippen LogP contribution in [0.3, 0.4) is 0 Å². The van der Waals surface area contributed by atoms with E-state index in [1.54, 1.807) is 15.9 Å². The van der Waals surface area contributed by atoms with E-state index in [-0.39, 0.29) is 18.0 Å². The molecule has 2 heterocycles. The van der Waals surface area contributed by atoms with Gasteiger partial charge in [0.25, 0.3) is 5.56 Å². The normalized spacial score (nSPS) is 13.1. The maximum Gasteiger partial charge on any atom is 0.263 e. The number of rotatable bonds is 6. The average Bonchev–Trinajstić information content (AvgIpc) is 3.20. The van der Waals surface area contributed by atoms with Crippen LogP contribution in [0.25, 0.3) is 10.2 Å². The van der Waals surface area contributed by atoms with Gasteiger partial charge in [-0.15, -0.1) is 11.3 Å². The number of hydrogen-bond donors (Lipinski definition) is 1. The molecule has 0 radical (unpaired) electrons. The smallest absolute Gasteiger partial charge is 0.263 e. The lowest BCUT2D eigenvalue weighted by Gasteiger charge is -2.14. The molecule has 0 spiro atoms. The van der Waals surface area contributed by atoms with Crippen molar-refractivity contribution in [3.05, 3.63) is 98.4 Å². The molecule has 5 rings (SSSR count). The van der Waals surface area contributed by atoms with E-state index in [2.05, 4.69) is 5.32 Å². The van der Waals surface area contributed by atoms with Crippen LogP contribution in [0.15, 0.2) is 65.5 Å². The Morgan fingerprint density at radius 3 is 2.41 bits per heavy atom. The Morgan fingerprint density at radius 2 is 1.66 bits per heavy atom. The van der Waals surface area contributed by atoms with Gasteiger partial charge in [-0.3, -0.25) is 14.2 Å². The average molecular weight is 444 g/mol.